The van der Waals surface area contributed by atoms with Crippen molar-refractivity contribution in [1.82, 2.24) is 0 Å². The molecule has 0 heterocycles. The van der Waals surface area contributed by atoms with Crippen LogP contribution in [0.25, 0.3) is 0 Å². The Kier molecular flexibility index (Phi) is 3.56. The number of nitriles is 1. The fourth-order valence-corrected chi connectivity index (χ4v) is 1.42. The number of nitrogens with zero attached hydrogens (tertiary/aromatic N) is 1. The van der Waals surface area contributed by atoms with Crippen LogP contribution >= 0.6 is 23.2 Å². The van der Waals surface area contributed by atoms with E-state index in [1.807, 2.05) is 6.07 Å². The highest BCUT2D eigenvalue weighted by Gasteiger charge is 2.12. The minimum absolute atomic E-state index is 0.253. The Hall–Kier alpha value is -0.750. The van der Waals surface area contributed by atoms with Gasteiger partial charge in [-0.3, -0.25) is 0 Å². The smallest absolute Gasteiger partial charge is 0.0958 e. The van der Waals surface area contributed by atoms with Crippen LogP contribution in [0.4, 0.5) is 0 Å². The molecular formula is C9H7Cl2NO. The second kappa shape index (κ2) is 4.48. The summed E-state index contributed by atoms with van der Waals surface area (Å²) in [5, 5.41) is 18.5. The first-order valence-electron chi connectivity index (χ1n) is 3.64. The molecule has 68 valence electrons. The zero-order valence-electron chi connectivity index (χ0n) is 6.67. The zero-order chi connectivity index (χ0) is 9.84. The first-order chi connectivity index (χ1) is 6.19. The van der Waals surface area contributed by atoms with Crippen molar-refractivity contribution in [3.63, 3.8) is 0 Å². The predicted octanol–water partition coefficient (Wildman–Crippen LogP) is 2.59. The number of halogens is 2. The Morgan fingerprint density at radius 3 is 2.69 bits per heavy atom. The van der Waals surface area contributed by atoms with Gasteiger partial charge in [-0.1, -0.05) is 23.2 Å². The number of aliphatic hydroxyl groups excluding tert-OH is 1. The molecule has 0 spiro atoms. The lowest BCUT2D eigenvalue weighted by molar-refractivity contribution is 0.286. The number of hydrogen-bond donors (Lipinski definition) is 1. The van der Waals surface area contributed by atoms with Crippen LogP contribution in [0.5, 0.6) is 0 Å². The van der Waals surface area contributed by atoms with Crippen molar-refractivity contribution in [2.24, 2.45) is 0 Å². The van der Waals surface area contributed by atoms with Gasteiger partial charge in [0.1, 0.15) is 0 Å². The molecule has 1 aromatic carbocycles. The van der Waals surface area contributed by atoms with E-state index in [-0.39, 0.29) is 6.61 Å². The monoisotopic (exact) mass is 215 g/mol. The van der Waals surface area contributed by atoms with Gasteiger partial charge in [0.15, 0.2) is 0 Å². The van der Waals surface area contributed by atoms with Crippen LogP contribution in [0.3, 0.4) is 0 Å². The normalized spacial score (nSPS) is 12.2. The van der Waals surface area contributed by atoms with E-state index >= 15 is 0 Å². The summed E-state index contributed by atoms with van der Waals surface area (Å²) in [4.78, 5) is 0. The van der Waals surface area contributed by atoms with Gasteiger partial charge in [-0.25, -0.2) is 0 Å². The fourth-order valence-electron chi connectivity index (χ4n) is 0.990. The molecule has 0 aromatic heterocycles. The molecule has 1 aromatic rings. The number of aliphatic hydroxyl groups is 1. The summed E-state index contributed by atoms with van der Waals surface area (Å²) in [5.41, 5.74) is 0.569. The highest BCUT2D eigenvalue weighted by molar-refractivity contribution is 6.33. The summed E-state index contributed by atoms with van der Waals surface area (Å²) >= 11 is 11.6. The van der Waals surface area contributed by atoms with Gasteiger partial charge < -0.3 is 5.11 Å². The van der Waals surface area contributed by atoms with Crippen LogP contribution < -0.4 is 0 Å². The Balaban J connectivity index is 3.13. The van der Waals surface area contributed by atoms with Crippen LogP contribution in [-0.4, -0.2) is 11.7 Å². The Labute approximate surface area is 86.3 Å². The molecule has 4 heteroatoms. The lowest BCUT2D eigenvalue weighted by Gasteiger charge is -2.07. The van der Waals surface area contributed by atoms with E-state index in [2.05, 4.69) is 0 Å². The molecule has 1 unspecified atom stereocenters. The molecular weight excluding hydrogens is 209 g/mol. The van der Waals surface area contributed by atoms with E-state index in [1.54, 1.807) is 18.2 Å². The summed E-state index contributed by atoms with van der Waals surface area (Å²) < 4.78 is 0. The number of rotatable bonds is 2. The van der Waals surface area contributed by atoms with Crippen LogP contribution in [0, 0.1) is 11.3 Å². The quantitative estimate of drug-likeness (QED) is 0.825. The van der Waals surface area contributed by atoms with Crippen molar-refractivity contribution in [2.45, 2.75) is 5.92 Å². The molecule has 2 nitrogen and oxygen atoms in total. The van der Waals surface area contributed by atoms with Gasteiger partial charge in [-0.2, -0.15) is 5.26 Å². The molecule has 0 bridgehead atoms. The summed E-state index contributed by atoms with van der Waals surface area (Å²) in [6.45, 7) is -0.253. The average molecular weight is 216 g/mol. The van der Waals surface area contributed by atoms with Crippen LogP contribution in [0.15, 0.2) is 18.2 Å². The van der Waals surface area contributed by atoms with E-state index in [4.69, 9.17) is 33.6 Å². The molecule has 1 atom stereocenters. The van der Waals surface area contributed by atoms with E-state index in [0.29, 0.717) is 15.6 Å². The van der Waals surface area contributed by atoms with Crippen molar-refractivity contribution in [1.29, 1.82) is 5.26 Å². The minimum Gasteiger partial charge on any atom is -0.395 e. The van der Waals surface area contributed by atoms with E-state index in [9.17, 15) is 0 Å². The SMILES string of the molecule is N#CC(CO)c1cc(Cl)ccc1Cl. The van der Waals surface area contributed by atoms with E-state index in [1.165, 1.54) is 0 Å². The maximum atomic E-state index is 8.87. The molecule has 0 amide bonds. The van der Waals surface area contributed by atoms with Gasteiger partial charge in [-0.15, -0.1) is 0 Å². The average Bonchev–Trinajstić information content (AvgIpc) is 2.13. The van der Waals surface area contributed by atoms with E-state index < -0.39 is 5.92 Å². The van der Waals surface area contributed by atoms with Gasteiger partial charge in [0.2, 0.25) is 0 Å². The largest absolute Gasteiger partial charge is 0.395 e. The molecule has 0 radical (unpaired) electrons. The molecule has 13 heavy (non-hydrogen) atoms. The number of hydrogen-bond acceptors (Lipinski definition) is 2. The Bertz CT molecular complexity index is 346. The Morgan fingerprint density at radius 2 is 2.15 bits per heavy atom. The maximum Gasteiger partial charge on any atom is 0.0958 e. The molecule has 0 saturated heterocycles. The van der Waals surface area contributed by atoms with Crippen molar-refractivity contribution in [3.8, 4) is 6.07 Å². The summed E-state index contributed by atoms with van der Waals surface area (Å²) in [6, 6.07) is 6.78. The number of benzene rings is 1. The highest BCUT2D eigenvalue weighted by Crippen LogP contribution is 2.26. The molecule has 0 fully saturated rings. The maximum absolute atomic E-state index is 8.87. The molecule has 0 aliphatic heterocycles. The van der Waals surface area contributed by atoms with Crippen molar-refractivity contribution < 1.29 is 5.11 Å². The first kappa shape index (κ1) is 10.3. The van der Waals surface area contributed by atoms with Crippen LogP contribution in [0.2, 0.25) is 10.0 Å². The fraction of sp³-hybridized carbons (Fsp3) is 0.222. The van der Waals surface area contributed by atoms with Gasteiger partial charge >= 0.3 is 0 Å². The molecule has 1 N–H and O–H groups in total. The van der Waals surface area contributed by atoms with Crippen LogP contribution in [0.1, 0.15) is 11.5 Å². The second-order valence-electron chi connectivity index (χ2n) is 2.53. The third kappa shape index (κ3) is 2.35. The highest BCUT2D eigenvalue weighted by atomic mass is 35.5. The third-order valence-electron chi connectivity index (χ3n) is 1.67. The minimum atomic E-state index is -0.605. The standard InChI is InChI=1S/C9H7Cl2NO/c10-7-1-2-9(11)8(3-7)6(4-12)5-13/h1-3,6,13H,5H2. The second-order valence-corrected chi connectivity index (χ2v) is 3.37. The summed E-state index contributed by atoms with van der Waals surface area (Å²) in [7, 11) is 0. The van der Waals surface area contributed by atoms with Gasteiger partial charge in [0.05, 0.1) is 18.6 Å². The predicted molar refractivity (Wildman–Crippen MR) is 51.9 cm³/mol. The van der Waals surface area contributed by atoms with Crippen molar-refractivity contribution in [2.75, 3.05) is 6.61 Å². The third-order valence-corrected chi connectivity index (χ3v) is 2.25. The molecule has 1 rings (SSSR count). The lowest BCUT2D eigenvalue weighted by Crippen LogP contribution is -2.01. The molecule has 0 aliphatic carbocycles. The zero-order valence-corrected chi connectivity index (χ0v) is 8.18. The Morgan fingerprint density at radius 1 is 1.46 bits per heavy atom. The van der Waals surface area contributed by atoms with Gasteiger partial charge in [-0.05, 0) is 23.8 Å². The van der Waals surface area contributed by atoms with Gasteiger partial charge in [0.25, 0.3) is 0 Å². The summed E-state index contributed by atoms with van der Waals surface area (Å²) in [5.74, 6) is -0.605. The molecule has 0 aliphatic rings. The summed E-state index contributed by atoms with van der Waals surface area (Å²) in [6.07, 6.45) is 0. The van der Waals surface area contributed by atoms with Gasteiger partial charge in [0, 0.05) is 10.0 Å². The van der Waals surface area contributed by atoms with Crippen molar-refractivity contribution >= 4 is 23.2 Å². The van der Waals surface area contributed by atoms with Crippen LogP contribution in [-0.2, 0) is 0 Å². The van der Waals surface area contributed by atoms with Crippen molar-refractivity contribution in [3.05, 3.63) is 33.8 Å². The molecule has 0 saturated carbocycles. The first-order valence-corrected chi connectivity index (χ1v) is 4.40. The topological polar surface area (TPSA) is 44.0 Å². The lowest BCUT2D eigenvalue weighted by atomic mass is 10.0. The van der Waals surface area contributed by atoms with E-state index in [0.717, 1.165) is 0 Å².